The maximum atomic E-state index is 12.7. The highest BCUT2D eigenvalue weighted by atomic mass is 32.2. The van der Waals surface area contributed by atoms with Gasteiger partial charge in [-0.2, -0.15) is 4.31 Å². The first-order valence-corrected chi connectivity index (χ1v) is 11.7. The van der Waals surface area contributed by atoms with Crippen molar-refractivity contribution in [3.63, 3.8) is 0 Å². The average molecular weight is 425 g/mol. The van der Waals surface area contributed by atoms with Gasteiger partial charge < -0.3 is 10.2 Å². The molecule has 1 aliphatic heterocycles. The van der Waals surface area contributed by atoms with Crippen LogP contribution < -0.4 is 5.32 Å². The molecule has 1 N–H and O–H groups in total. The van der Waals surface area contributed by atoms with E-state index < -0.39 is 10.0 Å². The zero-order valence-corrected chi connectivity index (χ0v) is 18.4. The summed E-state index contributed by atoms with van der Waals surface area (Å²) in [6, 6.07) is 6.14. The number of rotatable bonds is 9. The molecule has 1 aromatic rings. The van der Waals surface area contributed by atoms with Crippen LogP contribution in [0.5, 0.6) is 0 Å². The molecule has 162 valence electrons. The van der Waals surface area contributed by atoms with Gasteiger partial charge in [0.25, 0.3) is 5.91 Å². The molecule has 1 aliphatic rings. The van der Waals surface area contributed by atoms with Crippen molar-refractivity contribution in [2.75, 3.05) is 52.4 Å². The van der Waals surface area contributed by atoms with Gasteiger partial charge in [0.2, 0.25) is 15.9 Å². The van der Waals surface area contributed by atoms with Crippen molar-refractivity contribution in [1.82, 2.24) is 19.4 Å². The van der Waals surface area contributed by atoms with E-state index in [9.17, 15) is 18.0 Å². The molecule has 29 heavy (non-hydrogen) atoms. The van der Waals surface area contributed by atoms with Gasteiger partial charge in [-0.15, -0.1) is 0 Å². The Morgan fingerprint density at radius 3 is 2.10 bits per heavy atom. The number of hydrogen-bond acceptors (Lipinski definition) is 5. The Hall–Kier alpha value is -1.97. The molecule has 0 bridgehead atoms. The molecule has 0 saturated carbocycles. The molecule has 2 rings (SSSR count). The van der Waals surface area contributed by atoms with Gasteiger partial charge in [-0.25, -0.2) is 8.42 Å². The highest BCUT2D eigenvalue weighted by molar-refractivity contribution is 7.89. The van der Waals surface area contributed by atoms with Crippen LogP contribution >= 0.6 is 0 Å². The van der Waals surface area contributed by atoms with Crippen LogP contribution in [0.2, 0.25) is 0 Å². The lowest BCUT2D eigenvalue weighted by atomic mass is 10.2. The van der Waals surface area contributed by atoms with Crippen LogP contribution in [0.25, 0.3) is 0 Å². The third kappa shape index (κ3) is 6.01. The van der Waals surface area contributed by atoms with Gasteiger partial charge in [-0.1, -0.05) is 20.8 Å². The fourth-order valence-corrected chi connectivity index (χ4v) is 4.76. The van der Waals surface area contributed by atoms with Crippen LogP contribution in [-0.4, -0.2) is 86.7 Å². The second kappa shape index (κ2) is 10.7. The largest absolute Gasteiger partial charge is 0.355 e. The van der Waals surface area contributed by atoms with Gasteiger partial charge in [-0.05, 0) is 30.7 Å². The van der Waals surface area contributed by atoms with Crippen LogP contribution in [0.4, 0.5) is 0 Å². The topological polar surface area (TPSA) is 90.0 Å². The van der Waals surface area contributed by atoms with Crippen molar-refractivity contribution in [3.8, 4) is 0 Å². The lowest BCUT2D eigenvalue weighted by Gasteiger charge is -2.34. The van der Waals surface area contributed by atoms with Crippen LogP contribution in [0.3, 0.4) is 0 Å². The summed E-state index contributed by atoms with van der Waals surface area (Å²) in [6.45, 7) is 9.80. The highest BCUT2D eigenvalue weighted by Crippen LogP contribution is 2.17. The van der Waals surface area contributed by atoms with E-state index in [0.717, 1.165) is 6.42 Å². The van der Waals surface area contributed by atoms with Gasteiger partial charge in [-0.3, -0.25) is 14.5 Å². The fourth-order valence-electron chi connectivity index (χ4n) is 3.30. The second-order valence-corrected chi connectivity index (χ2v) is 8.97. The first-order valence-electron chi connectivity index (χ1n) is 10.2. The molecule has 1 fully saturated rings. The maximum Gasteiger partial charge on any atom is 0.253 e. The molecule has 0 aliphatic carbocycles. The van der Waals surface area contributed by atoms with E-state index in [1.807, 2.05) is 11.8 Å². The Bertz CT molecular complexity index is 783. The Morgan fingerprint density at radius 2 is 1.59 bits per heavy atom. The molecule has 2 amide bonds. The molecule has 1 saturated heterocycles. The zero-order valence-electron chi connectivity index (χ0n) is 17.6. The quantitative estimate of drug-likeness (QED) is 0.639. The smallest absolute Gasteiger partial charge is 0.253 e. The minimum absolute atomic E-state index is 0.0108. The van der Waals surface area contributed by atoms with E-state index >= 15 is 0 Å². The third-order valence-electron chi connectivity index (χ3n) is 5.04. The Labute approximate surface area is 173 Å². The number of benzene rings is 1. The van der Waals surface area contributed by atoms with E-state index in [1.54, 1.807) is 30.9 Å². The number of carbonyl (C=O) groups is 2. The third-order valence-corrected chi connectivity index (χ3v) is 7.11. The summed E-state index contributed by atoms with van der Waals surface area (Å²) in [5, 5.41) is 2.86. The number of sulfonamides is 1. The van der Waals surface area contributed by atoms with Gasteiger partial charge in [0, 0.05) is 51.4 Å². The van der Waals surface area contributed by atoms with Crippen LogP contribution in [0, 0.1) is 0 Å². The van der Waals surface area contributed by atoms with Crippen molar-refractivity contribution >= 4 is 21.8 Å². The van der Waals surface area contributed by atoms with Crippen LogP contribution in [-0.2, 0) is 14.8 Å². The summed E-state index contributed by atoms with van der Waals surface area (Å²) in [5.41, 5.74) is 0.470. The summed E-state index contributed by atoms with van der Waals surface area (Å²) >= 11 is 0. The van der Waals surface area contributed by atoms with E-state index in [2.05, 4.69) is 5.32 Å². The van der Waals surface area contributed by atoms with E-state index in [4.69, 9.17) is 0 Å². The van der Waals surface area contributed by atoms with Crippen molar-refractivity contribution < 1.29 is 18.0 Å². The minimum atomic E-state index is -3.53. The molecule has 0 radical (unpaired) electrons. The molecule has 1 aromatic carbocycles. The number of hydrogen-bond donors (Lipinski definition) is 1. The number of carbonyl (C=O) groups excluding carboxylic acids is 2. The standard InChI is InChI=1S/C20H32N4O4S/c1-4-11-21-19(25)16-22-12-14-23(15-13-22)20(26)17-7-9-18(10-8-17)29(27,28)24(5-2)6-3/h7-10H,4-6,11-16H2,1-3H3,(H,21,25). The number of nitrogens with zero attached hydrogens (tertiary/aromatic N) is 3. The van der Waals surface area contributed by atoms with Gasteiger partial charge in [0.05, 0.1) is 11.4 Å². The molecule has 0 unspecified atom stereocenters. The zero-order chi connectivity index (χ0) is 21.4. The van der Waals surface area contributed by atoms with Gasteiger partial charge in [0.1, 0.15) is 0 Å². The first-order chi connectivity index (χ1) is 13.8. The minimum Gasteiger partial charge on any atom is -0.355 e. The Balaban J connectivity index is 1.94. The summed E-state index contributed by atoms with van der Waals surface area (Å²) in [4.78, 5) is 28.5. The van der Waals surface area contributed by atoms with Crippen molar-refractivity contribution in [2.45, 2.75) is 32.1 Å². The number of nitrogens with one attached hydrogen (secondary N) is 1. The summed E-state index contributed by atoms with van der Waals surface area (Å²) in [7, 11) is -3.53. The monoisotopic (exact) mass is 424 g/mol. The summed E-state index contributed by atoms with van der Waals surface area (Å²) < 4.78 is 26.5. The highest BCUT2D eigenvalue weighted by Gasteiger charge is 2.25. The fraction of sp³-hybridized carbons (Fsp3) is 0.600. The first kappa shape index (κ1) is 23.3. The SMILES string of the molecule is CCCNC(=O)CN1CCN(C(=O)c2ccc(S(=O)(=O)N(CC)CC)cc2)CC1. The molecular weight excluding hydrogens is 392 g/mol. The average Bonchev–Trinajstić information content (AvgIpc) is 2.73. The molecule has 0 atom stereocenters. The lowest BCUT2D eigenvalue weighted by molar-refractivity contribution is -0.122. The number of piperazine rings is 1. The predicted molar refractivity (Wildman–Crippen MR) is 112 cm³/mol. The summed E-state index contributed by atoms with van der Waals surface area (Å²) in [6.07, 6.45) is 0.906. The molecule has 0 spiro atoms. The Kier molecular flexibility index (Phi) is 8.60. The molecular formula is C20H32N4O4S. The van der Waals surface area contributed by atoms with Crippen LogP contribution in [0.15, 0.2) is 29.2 Å². The lowest BCUT2D eigenvalue weighted by Crippen LogP contribution is -2.51. The van der Waals surface area contributed by atoms with Crippen molar-refractivity contribution in [2.24, 2.45) is 0 Å². The van der Waals surface area contributed by atoms with Crippen molar-refractivity contribution in [1.29, 1.82) is 0 Å². The molecule has 1 heterocycles. The van der Waals surface area contributed by atoms with Gasteiger partial charge >= 0.3 is 0 Å². The molecule has 0 aromatic heterocycles. The Morgan fingerprint density at radius 1 is 1.00 bits per heavy atom. The van der Waals surface area contributed by atoms with Gasteiger partial charge in [0.15, 0.2) is 0 Å². The molecule has 9 heteroatoms. The predicted octanol–water partition coefficient (Wildman–Crippen LogP) is 1.00. The maximum absolute atomic E-state index is 12.7. The second-order valence-electron chi connectivity index (χ2n) is 7.03. The summed E-state index contributed by atoms with van der Waals surface area (Å²) in [5.74, 6) is -0.108. The van der Waals surface area contributed by atoms with Crippen LogP contribution in [0.1, 0.15) is 37.6 Å². The normalized spacial score (nSPS) is 15.5. The van der Waals surface area contributed by atoms with E-state index in [1.165, 1.54) is 16.4 Å². The molecule has 8 nitrogen and oxygen atoms in total. The van der Waals surface area contributed by atoms with E-state index in [0.29, 0.717) is 57.9 Å². The van der Waals surface area contributed by atoms with E-state index in [-0.39, 0.29) is 16.7 Å². The number of amides is 2. The van der Waals surface area contributed by atoms with Crippen molar-refractivity contribution in [3.05, 3.63) is 29.8 Å².